The van der Waals surface area contributed by atoms with Crippen LogP contribution in [0.4, 0.5) is 29.5 Å². The van der Waals surface area contributed by atoms with Gasteiger partial charge in [-0.3, -0.25) is 5.32 Å². The predicted molar refractivity (Wildman–Crippen MR) is 92.4 cm³/mol. The molecule has 0 saturated heterocycles. The second-order valence-electron chi connectivity index (χ2n) is 5.54. The largest absolute Gasteiger partial charge is 0.418 e. The smallest absolute Gasteiger partial charge is 0.307 e. The van der Waals surface area contributed by atoms with Gasteiger partial charge < -0.3 is 5.32 Å². The molecule has 0 fully saturated rings. The van der Waals surface area contributed by atoms with E-state index in [4.69, 9.17) is 0 Å². The lowest BCUT2D eigenvalue weighted by Gasteiger charge is -2.14. The van der Waals surface area contributed by atoms with Crippen molar-refractivity contribution in [3.8, 4) is 5.69 Å². The molecule has 2 N–H and O–H groups in total. The van der Waals surface area contributed by atoms with E-state index in [1.165, 1.54) is 22.9 Å². The summed E-state index contributed by atoms with van der Waals surface area (Å²) in [5, 5.41) is 9.07. The molecule has 0 aliphatic carbocycles. The van der Waals surface area contributed by atoms with Crippen molar-refractivity contribution in [1.82, 2.24) is 9.78 Å². The van der Waals surface area contributed by atoms with E-state index in [1.807, 2.05) is 18.2 Å². The molecular weight excluding hydrogens is 345 g/mol. The highest BCUT2D eigenvalue weighted by atomic mass is 19.4. The number of aromatic nitrogens is 2. The molecule has 0 radical (unpaired) electrons. The number of carbonyl (C=O) groups is 1. The molecule has 26 heavy (non-hydrogen) atoms. The van der Waals surface area contributed by atoms with Crippen LogP contribution < -0.4 is 10.6 Å². The van der Waals surface area contributed by atoms with Gasteiger partial charge in [0.05, 0.1) is 22.6 Å². The van der Waals surface area contributed by atoms with Crippen LogP contribution in [0.5, 0.6) is 0 Å². The summed E-state index contributed by atoms with van der Waals surface area (Å²) in [7, 11) is 0. The molecule has 1 aromatic heterocycles. The molecule has 1 heterocycles. The van der Waals surface area contributed by atoms with Crippen molar-refractivity contribution < 1.29 is 18.0 Å². The molecule has 2 amide bonds. The number of urea groups is 1. The van der Waals surface area contributed by atoms with E-state index in [0.717, 1.165) is 6.07 Å². The molecule has 0 saturated carbocycles. The lowest BCUT2D eigenvalue weighted by molar-refractivity contribution is -0.136. The highest BCUT2D eigenvalue weighted by molar-refractivity contribution is 6.00. The zero-order valence-corrected chi connectivity index (χ0v) is 13.7. The standard InChI is InChI=1S/C18H15F3N4O/c1-12-11-16(25(24-12)13-7-3-2-4-8-13)23-17(26)22-15-10-6-5-9-14(15)18(19,20)21/h2-11H,1H3,(H2,22,23,26). The number of anilines is 2. The van der Waals surface area contributed by atoms with Crippen LogP contribution in [0.25, 0.3) is 5.69 Å². The number of benzene rings is 2. The molecule has 0 spiro atoms. The summed E-state index contributed by atoms with van der Waals surface area (Å²) in [4.78, 5) is 12.2. The van der Waals surface area contributed by atoms with E-state index in [2.05, 4.69) is 15.7 Å². The first-order chi connectivity index (χ1) is 12.3. The third kappa shape index (κ3) is 3.85. The summed E-state index contributed by atoms with van der Waals surface area (Å²) in [5.74, 6) is 0.343. The number of alkyl halides is 3. The maximum absolute atomic E-state index is 13.0. The topological polar surface area (TPSA) is 59.0 Å². The summed E-state index contributed by atoms with van der Waals surface area (Å²) >= 11 is 0. The Bertz CT molecular complexity index is 920. The Morgan fingerprint density at radius 3 is 2.35 bits per heavy atom. The lowest BCUT2D eigenvalue weighted by atomic mass is 10.1. The van der Waals surface area contributed by atoms with Crippen molar-refractivity contribution in [2.45, 2.75) is 13.1 Å². The van der Waals surface area contributed by atoms with Crippen LogP contribution in [0.2, 0.25) is 0 Å². The average Bonchev–Trinajstić information content (AvgIpc) is 2.95. The third-order valence-corrected chi connectivity index (χ3v) is 3.55. The molecule has 8 heteroatoms. The van der Waals surface area contributed by atoms with Gasteiger partial charge in [-0.25, -0.2) is 9.48 Å². The highest BCUT2D eigenvalue weighted by Crippen LogP contribution is 2.34. The summed E-state index contributed by atoms with van der Waals surface area (Å²) < 4.78 is 40.6. The first-order valence-electron chi connectivity index (χ1n) is 7.71. The lowest BCUT2D eigenvalue weighted by Crippen LogP contribution is -2.23. The van der Waals surface area contributed by atoms with Gasteiger partial charge in [0.1, 0.15) is 5.82 Å². The summed E-state index contributed by atoms with van der Waals surface area (Å²) in [6.45, 7) is 1.75. The van der Waals surface area contributed by atoms with Crippen molar-refractivity contribution in [2.75, 3.05) is 10.6 Å². The number of amides is 2. The van der Waals surface area contributed by atoms with Crippen molar-refractivity contribution in [3.63, 3.8) is 0 Å². The maximum Gasteiger partial charge on any atom is 0.418 e. The number of nitrogens with one attached hydrogen (secondary N) is 2. The van der Waals surface area contributed by atoms with Crippen molar-refractivity contribution >= 4 is 17.5 Å². The molecule has 0 atom stereocenters. The Labute approximate surface area is 147 Å². The number of halogens is 3. The first kappa shape index (κ1) is 17.5. The first-order valence-corrected chi connectivity index (χ1v) is 7.71. The highest BCUT2D eigenvalue weighted by Gasteiger charge is 2.33. The SMILES string of the molecule is Cc1cc(NC(=O)Nc2ccccc2C(F)(F)F)n(-c2ccccc2)n1. The van der Waals surface area contributed by atoms with Gasteiger partial charge in [-0.05, 0) is 31.2 Å². The number of para-hydroxylation sites is 2. The molecule has 0 aliphatic rings. The fourth-order valence-corrected chi connectivity index (χ4v) is 2.46. The summed E-state index contributed by atoms with van der Waals surface area (Å²) in [6, 6.07) is 14.7. The second kappa shape index (κ2) is 6.91. The fraction of sp³-hybridized carbons (Fsp3) is 0.111. The molecule has 2 aromatic carbocycles. The van der Waals surface area contributed by atoms with Crippen molar-refractivity contribution in [1.29, 1.82) is 0 Å². The van der Waals surface area contributed by atoms with E-state index in [-0.39, 0.29) is 5.69 Å². The second-order valence-corrected chi connectivity index (χ2v) is 5.54. The van der Waals surface area contributed by atoms with Crippen molar-refractivity contribution in [3.05, 3.63) is 71.9 Å². The van der Waals surface area contributed by atoms with Crippen LogP contribution in [-0.4, -0.2) is 15.8 Å². The van der Waals surface area contributed by atoms with E-state index in [1.54, 1.807) is 25.1 Å². The zero-order valence-electron chi connectivity index (χ0n) is 13.7. The number of rotatable bonds is 3. The maximum atomic E-state index is 13.0. The van der Waals surface area contributed by atoms with Crippen LogP contribution in [0.1, 0.15) is 11.3 Å². The number of aryl methyl sites for hydroxylation is 1. The molecule has 0 unspecified atom stereocenters. The fourth-order valence-electron chi connectivity index (χ4n) is 2.46. The van der Waals surface area contributed by atoms with Gasteiger partial charge in [0, 0.05) is 6.07 Å². The van der Waals surface area contributed by atoms with Crippen LogP contribution in [-0.2, 0) is 6.18 Å². The Morgan fingerprint density at radius 1 is 1.00 bits per heavy atom. The van der Waals surface area contributed by atoms with Gasteiger partial charge in [-0.15, -0.1) is 0 Å². The van der Waals surface area contributed by atoms with Gasteiger partial charge in [0.25, 0.3) is 0 Å². The molecule has 5 nitrogen and oxygen atoms in total. The van der Waals surface area contributed by atoms with E-state index >= 15 is 0 Å². The number of hydrogen-bond donors (Lipinski definition) is 2. The van der Waals surface area contributed by atoms with E-state index in [0.29, 0.717) is 17.2 Å². The van der Waals surface area contributed by atoms with Gasteiger partial charge >= 0.3 is 12.2 Å². The van der Waals surface area contributed by atoms with Crippen LogP contribution in [0.3, 0.4) is 0 Å². The number of hydrogen-bond acceptors (Lipinski definition) is 2. The van der Waals surface area contributed by atoms with Crippen LogP contribution in [0, 0.1) is 6.92 Å². The van der Waals surface area contributed by atoms with Crippen LogP contribution in [0.15, 0.2) is 60.7 Å². The van der Waals surface area contributed by atoms with E-state index < -0.39 is 17.8 Å². The Balaban J connectivity index is 1.83. The molecule has 0 bridgehead atoms. The predicted octanol–water partition coefficient (Wildman–Crippen LogP) is 4.84. The molecule has 0 aliphatic heterocycles. The summed E-state index contributed by atoms with van der Waals surface area (Å²) in [6.07, 6.45) is -4.56. The minimum Gasteiger partial charge on any atom is -0.307 e. The van der Waals surface area contributed by atoms with Crippen LogP contribution >= 0.6 is 0 Å². The molecular formula is C18H15F3N4O. The minimum atomic E-state index is -4.56. The molecule has 3 rings (SSSR count). The Morgan fingerprint density at radius 2 is 1.65 bits per heavy atom. The Hall–Kier alpha value is -3.29. The normalized spacial score (nSPS) is 11.2. The zero-order chi connectivity index (χ0) is 18.7. The summed E-state index contributed by atoms with van der Waals surface area (Å²) in [5.41, 5.74) is 0.134. The quantitative estimate of drug-likeness (QED) is 0.702. The van der Waals surface area contributed by atoms with Gasteiger partial charge in [0.2, 0.25) is 0 Å². The molecule has 134 valence electrons. The Kier molecular flexibility index (Phi) is 4.66. The van der Waals surface area contributed by atoms with Gasteiger partial charge in [0.15, 0.2) is 0 Å². The van der Waals surface area contributed by atoms with Gasteiger partial charge in [-0.2, -0.15) is 18.3 Å². The third-order valence-electron chi connectivity index (χ3n) is 3.55. The van der Waals surface area contributed by atoms with E-state index in [9.17, 15) is 18.0 Å². The number of carbonyl (C=O) groups excluding carboxylic acids is 1. The van der Waals surface area contributed by atoms with Crippen molar-refractivity contribution in [2.24, 2.45) is 0 Å². The average molecular weight is 360 g/mol. The minimum absolute atomic E-state index is 0.319. The monoisotopic (exact) mass is 360 g/mol. The molecule has 3 aromatic rings. The number of nitrogens with zero attached hydrogens (tertiary/aromatic N) is 2. The van der Waals surface area contributed by atoms with Gasteiger partial charge in [-0.1, -0.05) is 30.3 Å².